The summed E-state index contributed by atoms with van der Waals surface area (Å²) in [6.07, 6.45) is 0. The number of rotatable bonds is 3. The Labute approximate surface area is 134 Å². The highest BCUT2D eigenvalue weighted by Gasteiger charge is 2.17. The molecule has 21 heavy (non-hydrogen) atoms. The van der Waals surface area contributed by atoms with Crippen molar-refractivity contribution >= 4 is 39.2 Å². The molecule has 0 saturated heterocycles. The van der Waals surface area contributed by atoms with Crippen molar-refractivity contribution in [2.45, 2.75) is 13.5 Å². The molecule has 0 spiro atoms. The van der Waals surface area contributed by atoms with Crippen molar-refractivity contribution in [3.63, 3.8) is 0 Å². The molecule has 112 valence electrons. The van der Waals surface area contributed by atoms with Gasteiger partial charge in [0.25, 0.3) is 0 Å². The fourth-order valence-electron chi connectivity index (χ4n) is 1.77. The third-order valence-corrected chi connectivity index (χ3v) is 4.06. The number of benzene rings is 1. The maximum Gasteiger partial charge on any atom is 0.339 e. The molecule has 5 nitrogen and oxygen atoms in total. The summed E-state index contributed by atoms with van der Waals surface area (Å²) in [5.41, 5.74) is 6.69. The Hall–Kier alpha value is -1.60. The zero-order valence-corrected chi connectivity index (χ0v) is 13.6. The number of hydrogen-bond acceptors (Lipinski definition) is 4. The molecule has 2 aromatic rings. The molecule has 0 aliphatic carbocycles. The van der Waals surface area contributed by atoms with Crippen molar-refractivity contribution in [2.24, 2.45) is 7.05 Å². The number of aromatic nitrogens is 2. The van der Waals surface area contributed by atoms with Crippen LogP contribution in [0.15, 0.2) is 16.6 Å². The van der Waals surface area contributed by atoms with Crippen molar-refractivity contribution in [3.05, 3.63) is 44.4 Å². The highest BCUT2D eigenvalue weighted by molar-refractivity contribution is 9.10. The van der Waals surface area contributed by atoms with Crippen LogP contribution < -0.4 is 5.73 Å². The minimum absolute atomic E-state index is 0.0429. The Bertz CT molecular complexity index is 718. The van der Waals surface area contributed by atoms with E-state index in [9.17, 15) is 9.18 Å². The lowest BCUT2D eigenvalue weighted by atomic mass is 10.2. The molecule has 0 atom stereocenters. The van der Waals surface area contributed by atoms with Crippen LogP contribution in [0.4, 0.5) is 10.1 Å². The van der Waals surface area contributed by atoms with Crippen LogP contribution in [-0.4, -0.2) is 15.7 Å². The second kappa shape index (κ2) is 6.03. The average Bonchev–Trinajstić information content (AvgIpc) is 2.65. The molecule has 0 fully saturated rings. The van der Waals surface area contributed by atoms with Crippen molar-refractivity contribution in [1.82, 2.24) is 9.78 Å². The number of nitrogens with two attached hydrogens (primary N) is 1. The predicted molar refractivity (Wildman–Crippen MR) is 80.6 cm³/mol. The van der Waals surface area contributed by atoms with E-state index in [1.165, 1.54) is 6.07 Å². The van der Waals surface area contributed by atoms with Crippen LogP contribution in [0.3, 0.4) is 0 Å². The number of halogens is 3. The fraction of sp³-hybridized carbons (Fsp3) is 0.231. The first-order chi connectivity index (χ1) is 9.81. The van der Waals surface area contributed by atoms with Gasteiger partial charge in [0.05, 0.1) is 27.7 Å². The summed E-state index contributed by atoms with van der Waals surface area (Å²) < 4.78 is 20.2. The summed E-state index contributed by atoms with van der Waals surface area (Å²) in [6.45, 7) is 1.71. The minimum Gasteiger partial charge on any atom is -0.456 e. The largest absolute Gasteiger partial charge is 0.456 e. The molecule has 0 bridgehead atoms. The molecule has 2 rings (SSSR count). The zero-order chi connectivity index (χ0) is 15.7. The van der Waals surface area contributed by atoms with Gasteiger partial charge >= 0.3 is 5.97 Å². The van der Waals surface area contributed by atoms with Gasteiger partial charge in [-0.15, -0.1) is 0 Å². The van der Waals surface area contributed by atoms with Gasteiger partial charge in [0, 0.05) is 11.5 Å². The summed E-state index contributed by atoms with van der Waals surface area (Å²) in [7, 11) is 1.70. The van der Waals surface area contributed by atoms with E-state index in [2.05, 4.69) is 21.0 Å². The molecule has 1 heterocycles. The van der Waals surface area contributed by atoms with Crippen molar-refractivity contribution in [1.29, 1.82) is 0 Å². The smallest absolute Gasteiger partial charge is 0.339 e. The van der Waals surface area contributed by atoms with Gasteiger partial charge in [-0.3, -0.25) is 4.68 Å². The lowest BCUT2D eigenvalue weighted by Gasteiger charge is -2.08. The number of ether oxygens (including phenoxy) is 1. The van der Waals surface area contributed by atoms with Gasteiger partial charge in [-0.25, -0.2) is 9.18 Å². The van der Waals surface area contributed by atoms with Crippen LogP contribution >= 0.6 is 27.5 Å². The van der Waals surface area contributed by atoms with Crippen LogP contribution in [0, 0.1) is 12.7 Å². The molecule has 0 amide bonds. The minimum atomic E-state index is -0.636. The first-order valence-corrected chi connectivity index (χ1v) is 7.08. The van der Waals surface area contributed by atoms with E-state index in [0.717, 1.165) is 6.07 Å². The highest BCUT2D eigenvalue weighted by Crippen LogP contribution is 2.25. The number of carbonyl (C=O) groups is 1. The Morgan fingerprint density at radius 1 is 1.57 bits per heavy atom. The lowest BCUT2D eigenvalue weighted by molar-refractivity contribution is 0.0462. The number of esters is 1. The predicted octanol–water partition coefficient (Wildman–Crippen LogP) is 3.22. The highest BCUT2D eigenvalue weighted by atomic mass is 79.9. The normalized spacial score (nSPS) is 10.7. The molecule has 0 saturated carbocycles. The van der Waals surface area contributed by atoms with Gasteiger partial charge in [-0.05, 0) is 35.0 Å². The molecular formula is C13H12BrClFN3O2. The Morgan fingerprint density at radius 2 is 2.24 bits per heavy atom. The third-order valence-electron chi connectivity index (χ3n) is 2.91. The SMILES string of the molecule is Cc1nn(C)c(COC(=O)c2cc(N)c(F)cc2Br)c1Cl. The zero-order valence-electron chi connectivity index (χ0n) is 11.3. The fourth-order valence-corrected chi connectivity index (χ4v) is 2.46. The average molecular weight is 377 g/mol. The van der Waals surface area contributed by atoms with Crippen LogP contribution in [0.25, 0.3) is 0 Å². The van der Waals surface area contributed by atoms with E-state index >= 15 is 0 Å². The van der Waals surface area contributed by atoms with Crippen molar-refractivity contribution in [2.75, 3.05) is 5.73 Å². The molecule has 0 aliphatic heterocycles. The van der Waals surface area contributed by atoms with E-state index in [-0.39, 0.29) is 22.3 Å². The Morgan fingerprint density at radius 3 is 2.81 bits per heavy atom. The molecule has 0 unspecified atom stereocenters. The maximum absolute atomic E-state index is 13.2. The standard InChI is InChI=1S/C13H12BrClFN3O2/c1-6-12(15)11(19(2)18-6)5-21-13(20)7-3-10(17)9(16)4-8(7)14/h3-4H,5,17H2,1-2H3. The number of aryl methyl sites for hydroxylation is 2. The second-order valence-corrected chi connectivity index (χ2v) is 5.63. The first-order valence-electron chi connectivity index (χ1n) is 5.91. The van der Waals surface area contributed by atoms with E-state index < -0.39 is 11.8 Å². The van der Waals surface area contributed by atoms with Crippen LogP contribution in [-0.2, 0) is 18.4 Å². The van der Waals surface area contributed by atoms with Gasteiger partial charge in [-0.2, -0.15) is 5.10 Å². The number of anilines is 1. The summed E-state index contributed by atoms with van der Waals surface area (Å²) in [4.78, 5) is 12.0. The summed E-state index contributed by atoms with van der Waals surface area (Å²) >= 11 is 9.17. The lowest BCUT2D eigenvalue weighted by Crippen LogP contribution is -2.10. The molecule has 0 aliphatic rings. The monoisotopic (exact) mass is 375 g/mol. The third kappa shape index (κ3) is 3.19. The van der Waals surface area contributed by atoms with Crippen LogP contribution in [0.5, 0.6) is 0 Å². The molecule has 8 heteroatoms. The summed E-state index contributed by atoms with van der Waals surface area (Å²) in [5, 5.41) is 4.57. The van der Waals surface area contributed by atoms with E-state index in [1.807, 2.05) is 0 Å². The first kappa shape index (κ1) is 15.8. The summed E-state index contributed by atoms with van der Waals surface area (Å²) in [5.74, 6) is -1.24. The Balaban J connectivity index is 2.17. The van der Waals surface area contributed by atoms with Gasteiger partial charge in [0.15, 0.2) is 0 Å². The molecule has 2 N–H and O–H groups in total. The molecule has 1 aromatic carbocycles. The Kier molecular flexibility index (Phi) is 4.53. The number of carbonyl (C=O) groups excluding carboxylic acids is 1. The van der Waals surface area contributed by atoms with E-state index in [0.29, 0.717) is 16.4 Å². The molecular weight excluding hydrogens is 365 g/mol. The van der Waals surface area contributed by atoms with E-state index in [1.54, 1.807) is 18.7 Å². The summed E-state index contributed by atoms with van der Waals surface area (Å²) in [6, 6.07) is 2.34. The molecule has 1 aromatic heterocycles. The van der Waals surface area contributed by atoms with Crippen LogP contribution in [0.2, 0.25) is 5.02 Å². The molecule has 0 radical (unpaired) electrons. The number of nitrogens with zero attached hydrogens (tertiary/aromatic N) is 2. The van der Waals surface area contributed by atoms with Gasteiger partial charge in [0.2, 0.25) is 0 Å². The van der Waals surface area contributed by atoms with Crippen molar-refractivity contribution in [3.8, 4) is 0 Å². The van der Waals surface area contributed by atoms with Gasteiger partial charge in [0.1, 0.15) is 12.4 Å². The van der Waals surface area contributed by atoms with Crippen LogP contribution in [0.1, 0.15) is 21.7 Å². The maximum atomic E-state index is 13.2. The van der Waals surface area contributed by atoms with Gasteiger partial charge < -0.3 is 10.5 Å². The number of nitrogen functional groups attached to an aromatic ring is 1. The second-order valence-electron chi connectivity index (χ2n) is 4.40. The van der Waals surface area contributed by atoms with Gasteiger partial charge in [-0.1, -0.05) is 11.6 Å². The van der Waals surface area contributed by atoms with Crippen molar-refractivity contribution < 1.29 is 13.9 Å². The quantitative estimate of drug-likeness (QED) is 0.659. The topological polar surface area (TPSA) is 70.1 Å². The number of hydrogen-bond donors (Lipinski definition) is 1. The van der Waals surface area contributed by atoms with E-state index in [4.69, 9.17) is 22.1 Å².